The molecule has 0 radical (unpaired) electrons. The Labute approximate surface area is 243 Å². The number of fused-ring (bicyclic) bond motifs is 1. The molecule has 3 aliphatic rings. The lowest BCUT2D eigenvalue weighted by atomic mass is 9.66. The Morgan fingerprint density at radius 1 is 1.20 bits per heavy atom. The fourth-order valence-corrected chi connectivity index (χ4v) is 9.35. The lowest BCUT2D eigenvalue weighted by molar-refractivity contribution is -0.154. The van der Waals surface area contributed by atoms with Crippen LogP contribution in [0.25, 0.3) is 0 Å². The van der Waals surface area contributed by atoms with Crippen LogP contribution in [0, 0.1) is 17.8 Å². The zero-order valence-corrected chi connectivity index (χ0v) is 23.9. The monoisotopic (exact) mass is 580 g/mol. The van der Waals surface area contributed by atoms with Gasteiger partial charge in [-0.1, -0.05) is 67.6 Å². The van der Waals surface area contributed by atoms with Gasteiger partial charge in [0.1, 0.15) is 12.6 Å². The van der Waals surface area contributed by atoms with Crippen LogP contribution in [0.5, 0.6) is 0 Å². The van der Waals surface area contributed by atoms with E-state index in [0.717, 1.165) is 0 Å². The van der Waals surface area contributed by atoms with Crippen molar-refractivity contribution in [1.82, 2.24) is 4.90 Å². The minimum atomic E-state index is -0.930. The number of anilines is 1. The minimum absolute atomic E-state index is 0.0373. The summed E-state index contributed by atoms with van der Waals surface area (Å²) in [4.78, 5) is 45.8. The number of ether oxygens (including phenoxy) is 1. The molecule has 2 bridgehead atoms. The molecule has 0 aromatic heterocycles. The Morgan fingerprint density at radius 3 is 2.52 bits per heavy atom. The maximum Gasteiger partial charge on any atom is 0.311 e. The van der Waals surface area contributed by atoms with Gasteiger partial charge in [0.15, 0.2) is 0 Å². The van der Waals surface area contributed by atoms with E-state index < -0.39 is 34.6 Å². The highest BCUT2D eigenvalue weighted by Crippen LogP contribution is 2.69. The zero-order valence-electron chi connectivity index (χ0n) is 22.3. The Hall–Kier alpha value is -3.07. The predicted octanol–water partition coefficient (Wildman–Crippen LogP) is 4.66. The molecule has 5 rings (SSSR count). The number of aliphatic hydroxyl groups is 1. The summed E-state index contributed by atoms with van der Waals surface area (Å²) in [6, 6.07) is 14.5. The van der Waals surface area contributed by atoms with E-state index in [1.807, 2.05) is 30.3 Å². The van der Waals surface area contributed by atoms with Crippen LogP contribution >= 0.6 is 23.4 Å². The summed E-state index contributed by atoms with van der Waals surface area (Å²) < 4.78 is 4.60. The van der Waals surface area contributed by atoms with Crippen LogP contribution in [-0.4, -0.2) is 63.6 Å². The van der Waals surface area contributed by atoms with Crippen LogP contribution in [0.15, 0.2) is 79.9 Å². The van der Waals surface area contributed by atoms with Crippen molar-refractivity contribution in [2.75, 3.05) is 24.7 Å². The molecule has 3 saturated heterocycles. The van der Waals surface area contributed by atoms with Gasteiger partial charge in [0, 0.05) is 22.5 Å². The third-order valence-corrected chi connectivity index (χ3v) is 10.8. The van der Waals surface area contributed by atoms with Crippen molar-refractivity contribution >= 4 is 46.8 Å². The molecule has 2 aromatic rings. The number of thioether (sulfide) groups is 1. The Balaban J connectivity index is 1.66. The fourth-order valence-electron chi connectivity index (χ4n) is 6.83. The lowest BCUT2D eigenvalue weighted by Crippen LogP contribution is -2.58. The van der Waals surface area contributed by atoms with Gasteiger partial charge in [-0.3, -0.25) is 14.4 Å². The lowest BCUT2D eigenvalue weighted by Gasteiger charge is -2.42. The van der Waals surface area contributed by atoms with Gasteiger partial charge in [0.05, 0.1) is 29.2 Å². The molecule has 40 heavy (non-hydrogen) atoms. The largest absolute Gasteiger partial charge is 0.461 e. The molecule has 3 fully saturated rings. The number of nitrogens with zero attached hydrogens (tertiary/aromatic N) is 2. The topological polar surface area (TPSA) is 87.1 Å². The number of aliphatic hydroxyl groups excluding tert-OH is 1. The van der Waals surface area contributed by atoms with Crippen LogP contribution in [-0.2, 0) is 19.1 Å². The smallest absolute Gasteiger partial charge is 0.311 e. The first-order valence-corrected chi connectivity index (χ1v) is 14.7. The van der Waals surface area contributed by atoms with E-state index in [9.17, 15) is 19.5 Å². The summed E-state index contributed by atoms with van der Waals surface area (Å²) in [5.74, 6) is -2.52. The molecule has 3 aliphatic heterocycles. The third-order valence-electron chi connectivity index (χ3n) is 8.44. The summed E-state index contributed by atoms with van der Waals surface area (Å²) in [6.45, 7) is 9.43. The van der Waals surface area contributed by atoms with Crippen LogP contribution in [0.3, 0.4) is 0 Å². The van der Waals surface area contributed by atoms with E-state index in [-0.39, 0.29) is 42.7 Å². The molecular weight excluding hydrogens is 548 g/mol. The normalized spacial score (nSPS) is 29.1. The van der Waals surface area contributed by atoms with E-state index in [4.69, 9.17) is 16.3 Å². The first kappa shape index (κ1) is 28.5. The highest BCUT2D eigenvalue weighted by atomic mass is 35.5. The number of amides is 2. The van der Waals surface area contributed by atoms with E-state index in [1.54, 1.807) is 51.9 Å². The average Bonchev–Trinajstić information content (AvgIpc) is 3.55. The summed E-state index contributed by atoms with van der Waals surface area (Å²) in [7, 11) is 0. The quantitative estimate of drug-likeness (QED) is 0.325. The molecule has 1 spiro atoms. The molecule has 2 aromatic carbocycles. The van der Waals surface area contributed by atoms with Gasteiger partial charge in [-0.25, -0.2) is 0 Å². The number of carbonyl (C=O) groups excluding carboxylic acids is 3. The van der Waals surface area contributed by atoms with Crippen LogP contribution < -0.4 is 4.90 Å². The average molecular weight is 581 g/mol. The first-order valence-electron chi connectivity index (χ1n) is 13.4. The van der Waals surface area contributed by atoms with Gasteiger partial charge in [-0.05, 0) is 42.2 Å². The molecule has 0 aliphatic carbocycles. The number of hydrogen-bond donors (Lipinski definition) is 1. The first-order chi connectivity index (χ1) is 19.3. The molecule has 3 heterocycles. The third kappa shape index (κ3) is 4.46. The minimum Gasteiger partial charge on any atom is -0.461 e. The maximum atomic E-state index is 14.8. The Bertz CT molecular complexity index is 1300. The summed E-state index contributed by atoms with van der Waals surface area (Å²) in [5.41, 5.74) is 1.33. The second kappa shape index (κ2) is 11.4. The number of carbonyl (C=O) groups is 3. The second-order valence-corrected chi connectivity index (χ2v) is 12.5. The van der Waals surface area contributed by atoms with E-state index in [0.29, 0.717) is 22.7 Å². The van der Waals surface area contributed by atoms with Gasteiger partial charge in [-0.15, -0.1) is 18.3 Å². The van der Waals surface area contributed by atoms with Crippen molar-refractivity contribution in [3.8, 4) is 0 Å². The van der Waals surface area contributed by atoms with Gasteiger partial charge >= 0.3 is 5.97 Å². The van der Waals surface area contributed by atoms with E-state index in [2.05, 4.69) is 20.1 Å². The fraction of sp³-hybridized carbons (Fsp3) is 0.387. The maximum absolute atomic E-state index is 14.8. The molecule has 7 atom stereocenters. The summed E-state index contributed by atoms with van der Waals surface area (Å²) >= 11 is 7.70. The molecule has 1 N–H and O–H groups in total. The van der Waals surface area contributed by atoms with Crippen LogP contribution in [0.2, 0.25) is 5.02 Å². The zero-order chi connectivity index (χ0) is 28.6. The Morgan fingerprint density at radius 2 is 1.90 bits per heavy atom. The van der Waals surface area contributed by atoms with Crippen molar-refractivity contribution in [3.63, 3.8) is 0 Å². The molecule has 0 saturated carbocycles. The number of hydrogen-bond acceptors (Lipinski definition) is 6. The van der Waals surface area contributed by atoms with Crippen molar-refractivity contribution < 1.29 is 24.2 Å². The van der Waals surface area contributed by atoms with Gasteiger partial charge in [-0.2, -0.15) is 0 Å². The highest BCUT2D eigenvalue weighted by molar-refractivity contribution is 8.02. The molecule has 9 heteroatoms. The molecule has 7 nitrogen and oxygen atoms in total. The second-order valence-electron chi connectivity index (χ2n) is 10.5. The molecular formula is C31H33ClN2O5S. The van der Waals surface area contributed by atoms with Crippen molar-refractivity contribution in [1.29, 1.82) is 0 Å². The van der Waals surface area contributed by atoms with Gasteiger partial charge in [0.25, 0.3) is 5.91 Å². The summed E-state index contributed by atoms with van der Waals surface area (Å²) in [5, 5.41) is 11.1. The van der Waals surface area contributed by atoms with Crippen molar-refractivity contribution in [2.24, 2.45) is 17.8 Å². The summed E-state index contributed by atoms with van der Waals surface area (Å²) in [6.07, 6.45) is 3.82. The molecule has 3 unspecified atom stereocenters. The number of halogens is 1. The van der Waals surface area contributed by atoms with Crippen LogP contribution in [0.4, 0.5) is 5.69 Å². The molecule has 2 amide bonds. The van der Waals surface area contributed by atoms with E-state index in [1.165, 1.54) is 6.08 Å². The van der Waals surface area contributed by atoms with Gasteiger partial charge in [0.2, 0.25) is 5.91 Å². The van der Waals surface area contributed by atoms with Crippen molar-refractivity contribution in [2.45, 2.75) is 35.4 Å². The van der Waals surface area contributed by atoms with Crippen molar-refractivity contribution in [3.05, 3.63) is 90.5 Å². The number of esters is 1. The van der Waals surface area contributed by atoms with Crippen LogP contribution in [0.1, 0.15) is 24.9 Å². The highest BCUT2D eigenvalue weighted by Gasteiger charge is 2.77. The van der Waals surface area contributed by atoms with E-state index >= 15 is 0 Å². The number of rotatable bonds is 10. The predicted molar refractivity (Wildman–Crippen MR) is 157 cm³/mol. The number of benzene rings is 2. The number of likely N-dealkylation sites (tertiary alicyclic amines) is 1. The van der Waals surface area contributed by atoms with Gasteiger partial charge < -0.3 is 19.6 Å². The Kier molecular flexibility index (Phi) is 8.13. The standard InChI is InChI=1S/C31H33ClN2O5S/c1-4-15-33(22-13-11-21(32)12-14-22)29(37)27-31-19(3)17-24(40-31)25(30(38)39-16-5-2)26(31)28(36)34(27)23(18-35)20-9-7-6-8-10-20/h4-14,19,23-27,35H,1-2,15-18H2,3H3/t19?,23-,24-,25+,26+,27?,31?/m1/s1. The SMILES string of the molecule is C=CCOC(=O)[C@@H]1[C@H]2C(=O)N([C@H](CO)c3ccccc3)C(C(=O)N(CC=C)c3ccc(Cl)cc3)C23S[C@@H]1CC3C. The molecule has 210 valence electrons.